The van der Waals surface area contributed by atoms with Gasteiger partial charge in [-0.15, -0.1) is 0 Å². The molecule has 212 valence electrons. The normalized spacial score (nSPS) is 16.7. The second kappa shape index (κ2) is 12.0. The number of rotatable bonds is 11. The molecule has 1 aliphatic carbocycles. The van der Waals surface area contributed by atoms with E-state index in [0.717, 1.165) is 31.2 Å². The van der Waals surface area contributed by atoms with Gasteiger partial charge in [-0.25, -0.2) is 20.0 Å². The fourth-order valence-electron chi connectivity index (χ4n) is 4.43. The van der Waals surface area contributed by atoms with E-state index in [2.05, 4.69) is 26.1 Å². The summed E-state index contributed by atoms with van der Waals surface area (Å²) in [6.45, 7) is 10.0. The Hall–Kier alpha value is -3.01. The van der Waals surface area contributed by atoms with E-state index in [1.807, 2.05) is 39.8 Å². The van der Waals surface area contributed by atoms with Crippen LogP contribution in [0, 0.1) is 5.41 Å². The first-order valence-corrected chi connectivity index (χ1v) is 15.1. The lowest BCUT2D eigenvalue weighted by atomic mass is 9.91. The Kier molecular flexibility index (Phi) is 8.93. The molecule has 0 amide bonds. The number of anilines is 1. The van der Waals surface area contributed by atoms with Crippen LogP contribution < -0.4 is 15.3 Å². The van der Waals surface area contributed by atoms with Crippen molar-refractivity contribution in [3.63, 3.8) is 0 Å². The van der Waals surface area contributed by atoms with Crippen LogP contribution in [0.1, 0.15) is 58.6 Å². The van der Waals surface area contributed by atoms with E-state index >= 15 is 0 Å². The minimum atomic E-state index is -3.71. The van der Waals surface area contributed by atoms with Gasteiger partial charge in [-0.1, -0.05) is 32.9 Å². The first kappa shape index (κ1) is 29.0. The molecule has 12 heteroatoms. The predicted molar refractivity (Wildman–Crippen MR) is 149 cm³/mol. The molecule has 1 aromatic carbocycles. The van der Waals surface area contributed by atoms with Crippen molar-refractivity contribution in [2.75, 3.05) is 18.7 Å². The van der Waals surface area contributed by atoms with Crippen LogP contribution in [0.2, 0.25) is 0 Å². The molecule has 39 heavy (non-hydrogen) atoms. The summed E-state index contributed by atoms with van der Waals surface area (Å²) < 4.78 is 33.7. The number of benzene rings is 1. The number of hydrogen-bond acceptors (Lipinski definition) is 9. The molecule has 11 nitrogen and oxygen atoms in total. The lowest BCUT2D eigenvalue weighted by molar-refractivity contribution is -0.148. The molecule has 0 aliphatic heterocycles. The van der Waals surface area contributed by atoms with Crippen LogP contribution in [0.4, 0.5) is 5.82 Å². The molecule has 3 aromatic rings. The molecule has 3 N–H and O–H groups in total. The second-order valence-corrected chi connectivity index (χ2v) is 13.4. The Morgan fingerprint density at radius 1 is 1.18 bits per heavy atom. The van der Waals surface area contributed by atoms with Gasteiger partial charge in [-0.2, -0.15) is 0 Å². The molecule has 0 saturated heterocycles. The van der Waals surface area contributed by atoms with Crippen molar-refractivity contribution in [2.24, 2.45) is 5.41 Å². The second-order valence-electron chi connectivity index (χ2n) is 11.3. The molecule has 1 aliphatic rings. The number of aryl methyl sites for hydroxylation is 1. The van der Waals surface area contributed by atoms with Crippen molar-refractivity contribution in [3.8, 4) is 5.75 Å². The number of imidazole rings is 1. The number of nitrogens with zero attached hydrogens (tertiary/aromatic N) is 4. The number of ether oxygens (including phenoxy) is 2. The maximum Gasteiger partial charge on any atom is 0.342 e. The van der Waals surface area contributed by atoms with Gasteiger partial charge in [-0.05, 0) is 62.1 Å². The van der Waals surface area contributed by atoms with Gasteiger partial charge in [0.05, 0.1) is 25.6 Å². The zero-order valence-corrected chi connectivity index (χ0v) is 24.2. The number of fused-ring (bicyclic) bond motifs is 2. The van der Waals surface area contributed by atoms with E-state index in [0.29, 0.717) is 29.3 Å². The first-order valence-electron chi connectivity index (χ1n) is 13.3. The first-order chi connectivity index (χ1) is 18.4. The van der Waals surface area contributed by atoms with Crippen LogP contribution in [0.25, 0.3) is 11.2 Å². The number of aromatic nitrogens is 4. The molecular weight excluding hydrogens is 519 g/mol. The molecular formula is C27H39N6O5P. The van der Waals surface area contributed by atoms with Crippen molar-refractivity contribution < 1.29 is 23.4 Å². The largest absolute Gasteiger partial charge is 0.464 e. The number of carbonyl (C=O) groups is 1. The highest BCUT2D eigenvalue weighted by Crippen LogP contribution is 2.46. The lowest BCUT2D eigenvalue weighted by Gasteiger charge is -2.28. The van der Waals surface area contributed by atoms with Crippen LogP contribution in [0.15, 0.2) is 30.9 Å². The van der Waals surface area contributed by atoms with E-state index in [4.69, 9.17) is 19.7 Å². The average molecular weight is 559 g/mol. The number of nitrogens with one attached hydrogen (secondary N) is 1. The molecule has 1 unspecified atom stereocenters. The highest BCUT2D eigenvalue weighted by molar-refractivity contribution is 7.57. The Balaban J connectivity index is 1.50. The Labute approximate surface area is 229 Å². The van der Waals surface area contributed by atoms with Crippen LogP contribution in [0.3, 0.4) is 0 Å². The number of hydrogen-bond donors (Lipinski definition) is 2. The molecule has 0 bridgehead atoms. The molecule has 2 aromatic heterocycles. The summed E-state index contributed by atoms with van der Waals surface area (Å²) >= 11 is 0. The standard InChI is InChI=1S/C27H39N6O5P/c1-18(13-33-16-31-23-24(28)29-15-30-25(23)33)37-17-39(35,32-19(2)26(34)36-14-27(3,4)5)38-22-12-8-10-20-9-6-7-11-21(20)22/h8,10,12,15-16,18-19H,6-7,9,11,13-14,17H2,1-5H3,(H,32,35)(H2,28,29,30)/t18-,19+,39?/m1/s1. The van der Waals surface area contributed by atoms with Gasteiger partial charge in [0.1, 0.15) is 30.0 Å². The number of esters is 1. The number of nitrogens with two attached hydrogens (primary N) is 1. The SMILES string of the molecule is C[C@H](Cn1cnc2c(N)ncnc21)OCP(=O)(N[C@@H](C)C(=O)OCC(C)(C)C)Oc1cccc2c1CCCC2. The summed E-state index contributed by atoms with van der Waals surface area (Å²) in [4.78, 5) is 25.2. The Bertz CT molecular complexity index is 1350. The molecule has 0 saturated carbocycles. The van der Waals surface area contributed by atoms with Gasteiger partial charge >= 0.3 is 13.5 Å². The van der Waals surface area contributed by atoms with E-state index in [1.54, 1.807) is 17.8 Å². The van der Waals surface area contributed by atoms with E-state index in [1.165, 1.54) is 11.9 Å². The summed E-state index contributed by atoms with van der Waals surface area (Å²) in [6, 6.07) is 4.95. The van der Waals surface area contributed by atoms with Crippen molar-refractivity contribution in [3.05, 3.63) is 42.0 Å². The summed E-state index contributed by atoms with van der Waals surface area (Å²) in [5, 5.41) is 2.91. The van der Waals surface area contributed by atoms with Crippen molar-refractivity contribution in [2.45, 2.75) is 79.0 Å². The van der Waals surface area contributed by atoms with E-state index in [9.17, 15) is 9.36 Å². The predicted octanol–water partition coefficient (Wildman–Crippen LogP) is 4.49. The molecule has 0 spiro atoms. The third-order valence-electron chi connectivity index (χ3n) is 6.40. The summed E-state index contributed by atoms with van der Waals surface area (Å²) in [5.74, 6) is 0.356. The molecule has 2 heterocycles. The fraction of sp³-hybridized carbons (Fsp3) is 0.556. The van der Waals surface area contributed by atoms with Crippen molar-refractivity contribution >= 4 is 30.5 Å². The number of carbonyl (C=O) groups excluding carboxylic acids is 1. The maximum atomic E-state index is 14.2. The van der Waals surface area contributed by atoms with Gasteiger partial charge < -0.3 is 24.3 Å². The highest BCUT2D eigenvalue weighted by atomic mass is 31.2. The van der Waals surface area contributed by atoms with Crippen LogP contribution in [-0.2, 0) is 38.2 Å². The zero-order valence-electron chi connectivity index (χ0n) is 23.3. The molecule has 4 rings (SSSR count). The summed E-state index contributed by atoms with van der Waals surface area (Å²) in [7, 11) is -3.71. The van der Waals surface area contributed by atoms with Crippen molar-refractivity contribution in [1.29, 1.82) is 0 Å². The fourth-order valence-corrected chi connectivity index (χ4v) is 6.24. The van der Waals surface area contributed by atoms with E-state index < -0.39 is 19.5 Å². The Morgan fingerprint density at radius 2 is 1.95 bits per heavy atom. The smallest absolute Gasteiger partial charge is 0.342 e. The third-order valence-corrected chi connectivity index (χ3v) is 8.16. The lowest BCUT2D eigenvalue weighted by Crippen LogP contribution is -2.37. The van der Waals surface area contributed by atoms with Gasteiger partial charge in [0, 0.05) is 0 Å². The summed E-state index contributed by atoms with van der Waals surface area (Å²) in [5.41, 5.74) is 9.06. The monoisotopic (exact) mass is 558 g/mol. The van der Waals surface area contributed by atoms with Crippen molar-refractivity contribution in [1.82, 2.24) is 24.6 Å². The molecule has 0 radical (unpaired) electrons. The average Bonchev–Trinajstić information content (AvgIpc) is 3.30. The maximum absolute atomic E-state index is 14.2. The quantitative estimate of drug-likeness (QED) is 0.255. The van der Waals surface area contributed by atoms with E-state index in [-0.39, 0.29) is 24.5 Å². The highest BCUT2D eigenvalue weighted by Gasteiger charge is 2.33. The topological polar surface area (TPSA) is 143 Å². The third kappa shape index (κ3) is 7.56. The van der Waals surface area contributed by atoms with Gasteiger partial charge in [0.2, 0.25) is 0 Å². The summed E-state index contributed by atoms with van der Waals surface area (Å²) in [6.07, 6.45) is 6.33. The number of nitrogen functional groups attached to an aromatic ring is 1. The Morgan fingerprint density at radius 3 is 2.72 bits per heavy atom. The van der Waals surface area contributed by atoms with Gasteiger partial charge in [0.25, 0.3) is 0 Å². The van der Waals surface area contributed by atoms with Crippen LogP contribution >= 0.6 is 7.52 Å². The van der Waals surface area contributed by atoms with Crippen LogP contribution in [0.5, 0.6) is 5.75 Å². The minimum absolute atomic E-state index is 0.190. The molecule has 3 atom stereocenters. The molecule has 0 fully saturated rings. The van der Waals surface area contributed by atoms with Gasteiger partial charge in [-0.3, -0.25) is 9.36 Å². The minimum Gasteiger partial charge on any atom is -0.464 e. The van der Waals surface area contributed by atoms with Crippen LogP contribution in [-0.4, -0.2) is 50.6 Å². The van der Waals surface area contributed by atoms with Gasteiger partial charge in [0.15, 0.2) is 11.5 Å². The zero-order chi connectivity index (χ0) is 28.2.